The van der Waals surface area contributed by atoms with Gasteiger partial charge in [0.25, 0.3) is 5.91 Å². The lowest BCUT2D eigenvalue weighted by atomic mass is 10.2. The van der Waals surface area contributed by atoms with Gasteiger partial charge in [-0.15, -0.1) is 0 Å². The zero-order chi connectivity index (χ0) is 16.7. The van der Waals surface area contributed by atoms with E-state index in [4.69, 9.17) is 16.3 Å². The van der Waals surface area contributed by atoms with Crippen molar-refractivity contribution in [1.82, 2.24) is 0 Å². The molecule has 0 saturated heterocycles. The van der Waals surface area contributed by atoms with Gasteiger partial charge in [0.2, 0.25) is 0 Å². The fourth-order valence-corrected chi connectivity index (χ4v) is 1.95. The molecule has 118 valence electrons. The van der Waals surface area contributed by atoms with Gasteiger partial charge in [-0.25, -0.2) is 4.79 Å². The van der Waals surface area contributed by atoms with Crippen molar-refractivity contribution in [3.05, 3.63) is 70.8 Å². The summed E-state index contributed by atoms with van der Waals surface area (Å²) in [5.74, 6) is -0.965. The Bertz CT molecular complexity index is 723. The third kappa shape index (κ3) is 5.60. The summed E-state index contributed by atoms with van der Waals surface area (Å²) in [6.07, 6.45) is 2.86. The smallest absolute Gasteiger partial charge is 0.331 e. The normalized spacial score (nSPS) is 10.5. The van der Waals surface area contributed by atoms with Crippen LogP contribution in [0.5, 0.6) is 0 Å². The number of nitrogens with one attached hydrogen (secondary N) is 1. The van der Waals surface area contributed by atoms with E-state index in [9.17, 15) is 9.59 Å². The van der Waals surface area contributed by atoms with Gasteiger partial charge in [0.05, 0.1) is 0 Å². The van der Waals surface area contributed by atoms with Crippen LogP contribution < -0.4 is 5.32 Å². The quantitative estimate of drug-likeness (QED) is 0.669. The van der Waals surface area contributed by atoms with Crippen LogP contribution in [0.4, 0.5) is 5.69 Å². The van der Waals surface area contributed by atoms with Gasteiger partial charge >= 0.3 is 5.97 Å². The van der Waals surface area contributed by atoms with Crippen LogP contribution >= 0.6 is 11.6 Å². The number of halogens is 1. The van der Waals surface area contributed by atoms with Crippen LogP contribution in [0.3, 0.4) is 0 Å². The minimum Gasteiger partial charge on any atom is -0.452 e. The molecule has 2 aromatic carbocycles. The van der Waals surface area contributed by atoms with Crippen LogP contribution in [0, 0.1) is 6.92 Å². The molecule has 0 aromatic heterocycles. The Balaban J connectivity index is 1.81. The SMILES string of the molecule is Cc1ccccc1NC(=O)COC(=O)/C=C/c1ccc(Cl)cc1. The van der Waals surface area contributed by atoms with E-state index in [0.29, 0.717) is 10.7 Å². The van der Waals surface area contributed by atoms with E-state index in [0.717, 1.165) is 11.1 Å². The van der Waals surface area contributed by atoms with Crippen LogP contribution in [0.15, 0.2) is 54.6 Å². The van der Waals surface area contributed by atoms with Crippen molar-refractivity contribution >= 4 is 35.2 Å². The van der Waals surface area contributed by atoms with Crippen LogP contribution in [-0.2, 0) is 14.3 Å². The molecule has 0 aliphatic heterocycles. The molecule has 0 bridgehead atoms. The number of hydrogen-bond donors (Lipinski definition) is 1. The molecule has 0 heterocycles. The van der Waals surface area contributed by atoms with E-state index in [1.54, 1.807) is 36.4 Å². The Hall–Kier alpha value is -2.59. The minimum atomic E-state index is -0.583. The van der Waals surface area contributed by atoms with Crippen LogP contribution in [0.2, 0.25) is 5.02 Å². The highest BCUT2D eigenvalue weighted by Crippen LogP contribution is 2.13. The Morgan fingerprint density at radius 1 is 1.13 bits per heavy atom. The number of carbonyl (C=O) groups excluding carboxylic acids is 2. The fraction of sp³-hybridized carbons (Fsp3) is 0.111. The van der Waals surface area contributed by atoms with Gasteiger partial charge in [0.15, 0.2) is 6.61 Å². The van der Waals surface area contributed by atoms with E-state index < -0.39 is 5.97 Å². The topological polar surface area (TPSA) is 55.4 Å². The number of esters is 1. The van der Waals surface area contributed by atoms with E-state index in [1.165, 1.54) is 6.08 Å². The summed E-state index contributed by atoms with van der Waals surface area (Å²) in [5, 5.41) is 3.31. The van der Waals surface area contributed by atoms with Crippen LogP contribution in [-0.4, -0.2) is 18.5 Å². The van der Waals surface area contributed by atoms with Crippen molar-refractivity contribution in [3.8, 4) is 0 Å². The van der Waals surface area contributed by atoms with Crippen molar-refractivity contribution in [2.45, 2.75) is 6.92 Å². The minimum absolute atomic E-state index is 0.335. The molecular weight excluding hydrogens is 314 g/mol. The predicted octanol–water partition coefficient (Wildman–Crippen LogP) is 3.84. The molecule has 0 saturated carbocycles. The molecule has 0 unspecified atom stereocenters. The Morgan fingerprint density at radius 2 is 1.83 bits per heavy atom. The molecule has 2 aromatic rings. The van der Waals surface area contributed by atoms with E-state index in [2.05, 4.69) is 5.32 Å². The van der Waals surface area contributed by atoms with E-state index >= 15 is 0 Å². The zero-order valence-corrected chi connectivity index (χ0v) is 13.3. The lowest BCUT2D eigenvalue weighted by Gasteiger charge is -2.07. The lowest BCUT2D eigenvalue weighted by Crippen LogP contribution is -2.20. The van der Waals surface area contributed by atoms with Crippen molar-refractivity contribution in [3.63, 3.8) is 0 Å². The second kappa shape index (κ2) is 8.15. The maximum absolute atomic E-state index is 11.8. The number of rotatable bonds is 5. The van der Waals surface area contributed by atoms with Crippen molar-refractivity contribution in [2.75, 3.05) is 11.9 Å². The fourth-order valence-electron chi connectivity index (χ4n) is 1.82. The van der Waals surface area contributed by atoms with Gasteiger partial charge in [-0.2, -0.15) is 0 Å². The average Bonchev–Trinajstić information content (AvgIpc) is 2.54. The number of benzene rings is 2. The number of hydrogen-bond acceptors (Lipinski definition) is 3. The van der Waals surface area contributed by atoms with Gasteiger partial charge in [-0.3, -0.25) is 4.79 Å². The molecule has 0 spiro atoms. The maximum atomic E-state index is 11.8. The molecule has 0 aliphatic carbocycles. The number of aryl methyl sites for hydroxylation is 1. The first-order valence-corrected chi connectivity index (χ1v) is 7.38. The highest BCUT2D eigenvalue weighted by Gasteiger charge is 2.06. The molecule has 4 nitrogen and oxygen atoms in total. The second-order valence-electron chi connectivity index (χ2n) is 4.86. The summed E-state index contributed by atoms with van der Waals surface area (Å²) in [5.41, 5.74) is 2.45. The third-order valence-corrected chi connectivity index (χ3v) is 3.30. The van der Waals surface area contributed by atoms with Gasteiger partial charge in [-0.1, -0.05) is 41.9 Å². The maximum Gasteiger partial charge on any atom is 0.331 e. The largest absolute Gasteiger partial charge is 0.452 e. The Kier molecular flexibility index (Phi) is 5.94. The number of anilines is 1. The first kappa shape index (κ1) is 16.8. The molecule has 0 atom stereocenters. The molecule has 1 amide bonds. The van der Waals surface area contributed by atoms with Gasteiger partial charge in [-0.05, 0) is 42.3 Å². The van der Waals surface area contributed by atoms with Crippen LogP contribution in [0.1, 0.15) is 11.1 Å². The third-order valence-electron chi connectivity index (χ3n) is 3.05. The molecule has 2 rings (SSSR count). The number of ether oxygens (including phenoxy) is 1. The Morgan fingerprint density at radius 3 is 2.52 bits per heavy atom. The monoisotopic (exact) mass is 329 g/mol. The molecular formula is C18H16ClNO3. The second-order valence-corrected chi connectivity index (χ2v) is 5.29. The zero-order valence-electron chi connectivity index (χ0n) is 12.6. The summed E-state index contributed by atoms with van der Waals surface area (Å²) < 4.78 is 4.90. The highest BCUT2D eigenvalue weighted by atomic mass is 35.5. The number of carbonyl (C=O) groups is 2. The molecule has 1 N–H and O–H groups in total. The van der Waals surface area contributed by atoms with Crippen LogP contribution in [0.25, 0.3) is 6.08 Å². The molecule has 0 radical (unpaired) electrons. The van der Waals surface area contributed by atoms with Gasteiger partial charge < -0.3 is 10.1 Å². The first-order chi connectivity index (χ1) is 11.0. The average molecular weight is 330 g/mol. The van der Waals surface area contributed by atoms with Gasteiger partial charge in [0, 0.05) is 16.8 Å². The van der Waals surface area contributed by atoms with E-state index in [1.807, 2.05) is 25.1 Å². The molecule has 5 heteroatoms. The van der Waals surface area contributed by atoms with Crippen molar-refractivity contribution < 1.29 is 14.3 Å². The molecule has 0 fully saturated rings. The summed E-state index contributed by atoms with van der Waals surface area (Å²) >= 11 is 5.78. The summed E-state index contributed by atoms with van der Waals surface area (Å²) in [4.78, 5) is 23.3. The first-order valence-electron chi connectivity index (χ1n) is 7.00. The lowest BCUT2D eigenvalue weighted by molar-refractivity contribution is -0.142. The standard InChI is InChI=1S/C18H16ClNO3/c1-13-4-2-3-5-16(13)20-17(21)12-23-18(22)11-8-14-6-9-15(19)10-7-14/h2-11H,12H2,1H3,(H,20,21)/b11-8+. The Labute approximate surface area is 139 Å². The predicted molar refractivity (Wildman–Crippen MR) is 91.3 cm³/mol. The summed E-state index contributed by atoms with van der Waals surface area (Å²) in [6.45, 7) is 1.55. The van der Waals surface area contributed by atoms with E-state index in [-0.39, 0.29) is 12.5 Å². The molecule has 0 aliphatic rings. The number of para-hydroxylation sites is 1. The number of amides is 1. The summed E-state index contributed by atoms with van der Waals surface area (Å²) in [6, 6.07) is 14.4. The van der Waals surface area contributed by atoms with Crippen molar-refractivity contribution in [1.29, 1.82) is 0 Å². The van der Waals surface area contributed by atoms with Gasteiger partial charge in [0.1, 0.15) is 0 Å². The highest BCUT2D eigenvalue weighted by molar-refractivity contribution is 6.30. The molecule has 23 heavy (non-hydrogen) atoms. The van der Waals surface area contributed by atoms with Crippen molar-refractivity contribution in [2.24, 2.45) is 0 Å². The summed E-state index contributed by atoms with van der Waals surface area (Å²) in [7, 11) is 0.